The first-order valence-electron chi connectivity index (χ1n) is 7.68. The molecule has 0 amide bonds. The average Bonchev–Trinajstić information content (AvgIpc) is 2.52. The summed E-state index contributed by atoms with van der Waals surface area (Å²) in [7, 11) is 0. The normalized spacial score (nSPS) is 10.7. The highest BCUT2D eigenvalue weighted by molar-refractivity contribution is 5.66. The van der Waals surface area contributed by atoms with Crippen molar-refractivity contribution < 1.29 is 0 Å². The van der Waals surface area contributed by atoms with Gasteiger partial charge in [0.25, 0.3) is 0 Å². The lowest BCUT2D eigenvalue weighted by Gasteiger charge is -2.06. The second-order valence-corrected chi connectivity index (χ2v) is 4.45. The molecule has 1 aromatic rings. The maximum atomic E-state index is 5.35. The maximum Gasteiger partial charge on any atom is -0.00623 e. The molecule has 4 N–H and O–H groups in total. The number of aryl methyl sites for hydroxylation is 1. The zero-order valence-electron chi connectivity index (χ0n) is 14.8. The molecule has 0 radical (unpaired) electrons. The lowest BCUT2D eigenvalue weighted by atomic mass is 9.99. The Morgan fingerprint density at radius 1 is 1.18 bits per heavy atom. The van der Waals surface area contributed by atoms with Crippen LogP contribution >= 0.6 is 0 Å². The van der Waals surface area contributed by atoms with Gasteiger partial charge in [-0.15, -0.1) is 0 Å². The standard InChI is InChI=1S/C16H21N.C2H5N.C2H6/c1-4-5-8-15-10-13(2)11-16(12-15)14(3)7-6-9-17;1-2-3;1-2/h4-7,9-12H,8,17H2,1-3H3;2H,1,3H2;1-2H3/b5-4-,9-6-,14-7+;;. The molecule has 0 heterocycles. The molecule has 1 rings (SSSR count). The molecular weight excluding hydrogens is 268 g/mol. The van der Waals surface area contributed by atoms with Gasteiger partial charge in [-0.2, -0.15) is 0 Å². The van der Waals surface area contributed by atoms with E-state index in [2.05, 4.69) is 56.5 Å². The number of hydrogen-bond acceptors (Lipinski definition) is 2. The SMILES string of the molecule is C/C=C\Cc1cc(C)cc(/C(C)=C/C=C\N)c1.C=CN.CC. The Balaban J connectivity index is 0. The predicted octanol–water partition coefficient (Wildman–Crippen LogP) is 5.10. The van der Waals surface area contributed by atoms with Crippen LogP contribution in [0.4, 0.5) is 0 Å². The van der Waals surface area contributed by atoms with Crippen molar-refractivity contribution in [2.75, 3.05) is 0 Å². The highest BCUT2D eigenvalue weighted by atomic mass is 14.5. The number of hydrogen-bond donors (Lipinski definition) is 2. The van der Waals surface area contributed by atoms with Crippen molar-refractivity contribution in [3.8, 4) is 0 Å². The zero-order chi connectivity index (χ0) is 17.4. The quantitative estimate of drug-likeness (QED) is 0.600. The maximum absolute atomic E-state index is 5.35. The van der Waals surface area contributed by atoms with E-state index >= 15 is 0 Å². The molecule has 0 aromatic heterocycles. The van der Waals surface area contributed by atoms with Crippen molar-refractivity contribution in [2.45, 2.75) is 41.0 Å². The Morgan fingerprint density at radius 3 is 2.27 bits per heavy atom. The van der Waals surface area contributed by atoms with Gasteiger partial charge in [-0.25, -0.2) is 0 Å². The third-order valence-corrected chi connectivity index (χ3v) is 2.64. The van der Waals surface area contributed by atoms with E-state index in [1.54, 1.807) is 6.20 Å². The topological polar surface area (TPSA) is 52.0 Å². The molecule has 0 spiro atoms. The summed E-state index contributed by atoms with van der Waals surface area (Å²) in [5, 5.41) is 0. The van der Waals surface area contributed by atoms with E-state index in [0.717, 1.165) is 6.42 Å². The third-order valence-electron chi connectivity index (χ3n) is 2.64. The minimum absolute atomic E-state index is 0.991. The number of allylic oxidation sites excluding steroid dienone is 5. The van der Waals surface area contributed by atoms with Crippen LogP contribution in [0.1, 0.15) is 44.4 Å². The van der Waals surface area contributed by atoms with Crippen LogP contribution in [-0.4, -0.2) is 0 Å². The fourth-order valence-electron chi connectivity index (χ4n) is 1.76. The summed E-state index contributed by atoms with van der Waals surface area (Å²) in [6.45, 7) is 13.4. The highest BCUT2D eigenvalue weighted by Gasteiger charge is 1.99. The van der Waals surface area contributed by atoms with Crippen LogP contribution in [0.3, 0.4) is 0 Å². The molecule has 1 aromatic carbocycles. The zero-order valence-corrected chi connectivity index (χ0v) is 14.8. The lowest BCUT2D eigenvalue weighted by molar-refractivity contribution is 1.23. The molecule has 122 valence electrons. The summed E-state index contributed by atoms with van der Waals surface area (Å²) in [5.74, 6) is 0. The van der Waals surface area contributed by atoms with Gasteiger partial charge in [0.2, 0.25) is 0 Å². The van der Waals surface area contributed by atoms with E-state index in [9.17, 15) is 0 Å². The van der Waals surface area contributed by atoms with Crippen LogP contribution < -0.4 is 11.5 Å². The van der Waals surface area contributed by atoms with E-state index in [1.165, 1.54) is 28.5 Å². The lowest BCUT2D eigenvalue weighted by Crippen LogP contribution is -1.88. The summed E-state index contributed by atoms with van der Waals surface area (Å²) < 4.78 is 0. The Kier molecular flexibility index (Phi) is 15.2. The van der Waals surface area contributed by atoms with Crippen molar-refractivity contribution in [1.29, 1.82) is 0 Å². The van der Waals surface area contributed by atoms with Crippen LogP contribution in [0.25, 0.3) is 5.57 Å². The monoisotopic (exact) mass is 300 g/mol. The summed E-state index contributed by atoms with van der Waals surface area (Å²) >= 11 is 0. The Labute approximate surface area is 136 Å². The van der Waals surface area contributed by atoms with E-state index in [1.807, 2.05) is 32.9 Å². The summed E-state index contributed by atoms with van der Waals surface area (Å²) in [4.78, 5) is 0. The molecule has 0 aliphatic rings. The van der Waals surface area contributed by atoms with Crippen LogP contribution in [0.5, 0.6) is 0 Å². The average molecular weight is 300 g/mol. The van der Waals surface area contributed by atoms with Crippen LogP contribution in [0, 0.1) is 6.92 Å². The van der Waals surface area contributed by atoms with Crippen LogP contribution in [0.2, 0.25) is 0 Å². The first kappa shape index (κ1) is 22.1. The second kappa shape index (κ2) is 15.2. The van der Waals surface area contributed by atoms with Crippen molar-refractivity contribution >= 4 is 5.57 Å². The van der Waals surface area contributed by atoms with Gasteiger partial charge >= 0.3 is 0 Å². The first-order chi connectivity index (χ1) is 10.6. The molecule has 22 heavy (non-hydrogen) atoms. The minimum atomic E-state index is 0.991. The van der Waals surface area contributed by atoms with Gasteiger partial charge in [0.1, 0.15) is 0 Å². The molecule has 2 heteroatoms. The van der Waals surface area contributed by atoms with Crippen molar-refractivity contribution in [3.05, 3.63) is 78.2 Å². The van der Waals surface area contributed by atoms with E-state index in [4.69, 9.17) is 5.73 Å². The largest absolute Gasteiger partial charge is 0.405 e. The first-order valence-corrected chi connectivity index (χ1v) is 7.68. The van der Waals surface area contributed by atoms with Gasteiger partial charge < -0.3 is 11.5 Å². The van der Waals surface area contributed by atoms with Gasteiger partial charge in [-0.3, -0.25) is 0 Å². The molecule has 0 atom stereocenters. The molecule has 0 aliphatic carbocycles. The molecule has 0 aliphatic heterocycles. The van der Waals surface area contributed by atoms with Crippen molar-refractivity contribution in [1.82, 2.24) is 0 Å². The minimum Gasteiger partial charge on any atom is -0.405 e. The van der Waals surface area contributed by atoms with Gasteiger partial charge in [0.15, 0.2) is 0 Å². The Bertz CT molecular complexity index is 494. The van der Waals surface area contributed by atoms with Crippen LogP contribution in [0.15, 0.2) is 61.5 Å². The summed E-state index contributed by atoms with van der Waals surface area (Å²) in [6, 6.07) is 6.67. The van der Waals surface area contributed by atoms with E-state index in [-0.39, 0.29) is 0 Å². The predicted molar refractivity (Wildman–Crippen MR) is 102 cm³/mol. The molecule has 0 bridgehead atoms. The molecule has 2 nitrogen and oxygen atoms in total. The number of benzene rings is 1. The van der Waals surface area contributed by atoms with Crippen molar-refractivity contribution in [3.63, 3.8) is 0 Å². The summed E-state index contributed by atoms with van der Waals surface area (Å²) in [5.41, 5.74) is 15.1. The van der Waals surface area contributed by atoms with Gasteiger partial charge in [-0.05, 0) is 62.4 Å². The summed E-state index contributed by atoms with van der Waals surface area (Å²) in [6.07, 6.45) is 12.0. The second-order valence-electron chi connectivity index (χ2n) is 4.45. The number of rotatable bonds is 4. The van der Waals surface area contributed by atoms with E-state index < -0.39 is 0 Å². The van der Waals surface area contributed by atoms with Gasteiger partial charge in [0.05, 0.1) is 0 Å². The van der Waals surface area contributed by atoms with Crippen LogP contribution in [-0.2, 0) is 6.42 Å². The third kappa shape index (κ3) is 10.6. The smallest absolute Gasteiger partial charge is 0.00623 e. The number of nitrogens with two attached hydrogens (primary N) is 2. The van der Waals surface area contributed by atoms with Gasteiger partial charge in [0, 0.05) is 0 Å². The fourth-order valence-corrected chi connectivity index (χ4v) is 1.76. The molecule has 0 fully saturated rings. The van der Waals surface area contributed by atoms with Gasteiger partial charge in [-0.1, -0.05) is 62.4 Å². The molecule has 0 saturated carbocycles. The molecular formula is C20H32N2. The molecule has 0 saturated heterocycles. The highest BCUT2D eigenvalue weighted by Crippen LogP contribution is 2.18. The Morgan fingerprint density at radius 2 is 1.77 bits per heavy atom. The molecule has 0 unspecified atom stereocenters. The Hall–Kier alpha value is -2.22. The van der Waals surface area contributed by atoms with Crippen molar-refractivity contribution in [2.24, 2.45) is 11.5 Å². The van der Waals surface area contributed by atoms with E-state index in [0.29, 0.717) is 0 Å². The fraction of sp³-hybridized carbons (Fsp3) is 0.300.